The summed E-state index contributed by atoms with van der Waals surface area (Å²) in [5.74, 6) is 0.0382. The van der Waals surface area contributed by atoms with E-state index in [0.717, 1.165) is 12.1 Å². The van der Waals surface area contributed by atoms with E-state index in [1.165, 1.54) is 30.6 Å². The van der Waals surface area contributed by atoms with Gasteiger partial charge in [0.1, 0.15) is 17.6 Å². The van der Waals surface area contributed by atoms with Gasteiger partial charge in [-0.1, -0.05) is 12.1 Å². The van der Waals surface area contributed by atoms with Crippen molar-refractivity contribution in [3.05, 3.63) is 71.5 Å². The van der Waals surface area contributed by atoms with Gasteiger partial charge in [0.2, 0.25) is 5.95 Å². The summed E-state index contributed by atoms with van der Waals surface area (Å²) in [5.41, 5.74) is 0.418. The predicted octanol–water partition coefficient (Wildman–Crippen LogP) is 3.99. The molecule has 0 spiro atoms. The Morgan fingerprint density at radius 1 is 1.03 bits per heavy atom. The van der Waals surface area contributed by atoms with Crippen LogP contribution in [0.4, 0.5) is 19.1 Å². The lowest BCUT2D eigenvalue weighted by Crippen LogP contribution is -2.39. The van der Waals surface area contributed by atoms with Crippen LogP contribution in [0.3, 0.4) is 0 Å². The van der Waals surface area contributed by atoms with E-state index in [4.69, 9.17) is 14.2 Å². The lowest BCUT2D eigenvalue weighted by molar-refractivity contribution is -0.138. The standard InChI is InChI=1S/C23H20F3N3O5S/c24-23(25,26)14-2-4-19(21(10-14)34-15-12-32-13-15)17-6-9-33-20-11-16(3-5-18(17)20)35(30,31)29-22-27-7-1-8-28-22/h1-5,7-8,10-11,15,17H,6,9,12-13H2,(H,27,28,29)/t17-/m0/s1. The van der Waals surface area contributed by atoms with E-state index in [0.29, 0.717) is 36.5 Å². The summed E-state index contributed by atoms with van der Waals surface area (Å²) < 4.78 is 84.6. The highest BCUT2D eigenvalue weighted by molar-refractivity contribution is 7.92. The van der Waals surface area contributed by atoms with Crippen molar-refractivity contribution in [1.82, 2.24) is 9.97 Å². The first-order valence-electron chi connectivity index (χ1n) is 10.7. The minimum atomic E-state index is -4.51. The second-order valence-electron chi connectivity index (χ2n) is 8.09. The van der Waals surface area contributed by atoms with Gasteiger partial charge in [-0.25, -0.2) is 23.1 Å². The van der Waals surface area contributed by atoms with E-state index in [-0.39, 0.29) is 35.2 Å². The van der Waals surface area contributed by atoms with E-state index in [9.17, 15) is 21.6 Å². The largest absolute Gasteiger partial charge is 0.493 e. The molecule has 2 aliphatic heterocycles. The van der Waals surface area contributed by atoms with Crippen molar-refractivity contribution in [1.29, 1.82) is 0 Å². The minimum absolute atomic E-state index is 0.0557. The maximum absolute atomic E-state index is 13.4. The molecule has 1 N–H and O–H groups in total. The minimum Gasteiger partial charge on any atom is -0.493 e. The van der Waals surface area contributed by atoms with Crippen LogP contribution in [0.2, 0.25) is 0 Å². The molecule has 1 aromatic heterocycles. The van der Waals surface area contributed by atoms with Crippen LogP contribution in [0.25, 0.3) is 0 Å². The van der Waals surface area contributed by atoms with E-state index in [1.807, 2.05) is 0 Å². The molecule has 1 fully saturated rings. The number of halogens is 3. The highest BCUT2D eigenvalue weighted by Gasteiger charge is 2.34. The average Bonchev–Trinajstić information content (AvgIpc) is 2.80. The molecule has 0 unspecified atom stereocenters. The number of nitrogens with one attached hydrogen (secondary N) is 1. The molecule has 5 rings (SSSR count). The zero-order chi connectivity index (χ0) is 24.6. The molecule has 0 amide bonds. The number of hydrogen-bond acceptors (Lipinski definition) is 7. The quantitative estimate of drug-likeness (QED) is 0.539. The second kappa shape index (κ2) is 9.00. The molecule has 3 heterocycles. The molecule has 0 saturated carbocycles. The van der Waals surface area contributed by atoms with E-state index in [1.54, 1.807) is 12.1 Å². The van der Waals surface area contributed by atoms with Crippen LogP contribution < -0.4 is 14.2 Å². The SMILES string of the molecule is O=S(=O)(Nc1ncccn1)c1ccc2c(c1)OCC[C@@H]2c1ccc(C(F)(F)F)cc1OC1COC1. The zero-order valence-corrected chi connectivity index (χ0v) is 19.0. The summed E-state index contributed by atoms with van der Waals surface area (Å²) >= 11 is 0. The Bertz CT molecular complexity index is 1330. The van der Waals surface area contributed by atoms with Gasteiger partial charge in [0.05, 0.1) is 30.3 Å². The number of benzene rings is 2. The fourth-order valence-corrected chi connectivity index (χ4v) is 4.93. The van der Waals surface area contributed by atoms with Crippen molar-refractivity contribution in [2.45, 2.75) is 29.5 Å². The van der Waals surface area contributed by atoms with Crippen LogP contribution in [-0.4, -0.2) is 44.3 Å². The molecule has 1 atom stereocenters. The number of rotatable bonds is 6. The van der Waals surface area contributed by atoms with Crippen LogP contribution in [0, 0.1) is 0 Å². The summed E-state index contributed by atoms with van der Waals surface area (Å²) in [5, 5.41) is 0. The lowest BCUT2D eigenvalue weighted by Gasteiger charge is -2.31. The van der Waals surface area contributed by atoms with E-state index in [2.05, 4.69) is 14.7 Å². The molecule has 2 aromatic carbocycles. The van der Waals surface area contributed by atoms with Crippen molar-refractivity contribution in [2.75, 3.05) is 24.5 Å². The molecule has 0 bridgehead atoms. The number of fused-ring (bicyclic) bond motifs is 1. The summed E-state index contributed by atoms with van der Waals surface area (Å²) in [7, 11) is -3.99. The monoisotopic (exact) mass is 507 g/mol. The third kappa shape index (κ3) is 4.89. The van der Waals surface area contributed by atoms with E-state index < -0.39 is 21.8 Å². The first-order valence-corrected chi connectivity index (χ1v) is 12.2. The van der Waals surface area contributed by atoms with Crippen LogP contribution >= 0.6 is 0 Å². The maximum atomic E-state index is 13.4. The van der Waals surface area contributed by atoms with Gasteiger partial charge in [0, 0.05) is 35.5 Å². The van der Waals surface area contributed by atoms with Crippen LogP contribution in [-0.2, 0) is 20.9 Å². The summed E-state index contributed by atoms with van der Waals surface area (Å²) in [6.45, 7) is 0.863. The van der Waals surface area contributed by atoms with Gasteiger partial charge in [-0.05, 0) is 30.7 Å². The number of aromatic nitrogens is 2. The van der Waals surface area contributed by atoms with Crippen molar-refractivity contribution < 1.29 is 35.8 Å². The Morgan fingerprint density at radius 2 is 1.77 bits per heavy atom. The van der Waals surface area contributed by atoms with Gasteiger partial charge in [0.25, 0.3) is 10.0 Å². The summed E-state index contributed by atoms with van der Waals surface area (Å²) in [4.78, 5) is 7.67. The van der Waals surface area contributed by atoms with Crippen molar-refractivity contribution >= 4 is 16.0 Å². The molecule has 0 radical (unpaired) electrons. The number of sulfonamides is 1. The summed E-state index contributed by atoms with van der Waals surface area (Å²) in [6.07, 6.45) is -1.54. The molecule has 12 heteroatoms. The highest BCUT2D eigenvalue weighted by Crippen LogP contribution is 2.44. The number of nitrogens with zero attached hydrogens (tertiary/aromatic N) is 2. The van der Waals surface area contributed by atoms with Crippen molar-refractivity contribution in [2.24, 2.45) is 0 Å². The molecule has 0 aliphatic carbocycles. The number of alkyl halides is 3. The van der Waals surface area contributed by atoms with Crippen molar-refractivity contribution in [3.8, 4) is 11.5 Å². The van der Waals surface area contributed by atoms with Crippen LogP contribution in [0.15, 0.2) is 59.8 Å². The Hall–Kier alpha value is -3.38. The summed E-state index contributed by atoms with van der Waals surface area (Å²) in [6, 6.07) is 9.40. The Kier molecular flexibility index (Phi) is 6.01. The predicted molar refractivity (Wildman–Crippen MR) is 118 cm³/mol. The van der Waals surface area contributed by atoms with Gasteiger partial charge in [0.15, 0.2) is 0 Å². The van der Waals surface area contributed by atoms with Crippen LogP contribution in [0.1, 0.15) is 29.0 Å². The number of hydrogen-bond donors (Lipinski definition) is 1. The molecule has 1 saturated heterocycles. The maximum Gasteiger partial charge on any atom is 0.416 e. The fourth-order valence-electron chi connectivity index (χ4n) is 3.95. The Balaban J connectivity index is 1.49. The third-order valence-electron chi connectivity index (χ3n) is 5.74. The third-order valence-corrected chi connectivity index (χ3v) is 7.07. The van der Waals surface area contributed by atoms with Gasteiger partial charge in [-0.3, -0.25) is 0 Å². The molecule has 184 valence electrons. The van der Waals surface area contributed by atoms with Gasteiger partial charge in [-0.15, -0.1) is 0 Å². The topological polar surface area (TPSA) is 99.6 Å². The Labute approximate surface area is 199 Å². The molecule has 8 nitrogen and oxygen atoms in total. The highest BCUT2D eigenvalue weighted by atomic mass is 32.2. The average molecular weight is 507 g/mol. The fraction of sp³-hybridized carbons (Fsp3) is 0.304. The molecule has 2 aliphatic rings. The first kappa shape index (κ1) is 23.4. The van der Waals surface area contributed by atoms with Gasteiger partial charge < -0.3 is 14.2 Å². The number of anilines is 1. The lowest BCUT2D eigenvalue weighted by atomic mass is 9.85. The Morgan fingerprint density at radius 3 is 2.46 bits per heavy atom. The van der Waals surface area contributed by atoms with Gasteiger partial charge in [-0.2, -0.15) is 13.2 Å². The zero-order valence-electron chi connectivity index (χ0n) is 18.2. The van der Waals surface area contributed by atoms with Crippen LogP contribution in [0.5, 0.6) is 11.5 Å². The first-order chi connectivity index (χ1) is 16.7. The molecule has 3 aromatic rings. The molecular formula is C23H20F3N3O5S. The number of ether oxygens (including phenoxy) is 3. The second-order valence-corrected chi connectivity index (χ2v) is 9.78. The molecule has 35 heavy (non-hydrogen) atoms. The normalized spacial score (nSPS) is 18.2. The van der Waals surface area contributed by atoms with Crippen molar-refractivity contribution in [3.63, 3.8) is 0 Å². The smallest absolute Gasteiger partial charge is 0.416 e. The van der Waals surface area contributed by atoms with E-state index >= 15 is 0 Å². The molecular weight excluding hydrogens is 487 g/mol. The van der Waals surface area contributed by atoms with Gasteiger partial charge >= 0.3 is 6.18 Å².